The van der Waals surface area contributed by atoms with Crippen molar-refractivity contribution in [3.05, 3.63) is 29.8 Å². The summed E-state index contributed by atoms with van der Waals surface area (Å²) < 4.78 is 26.9. The number of carbonyl (C=O) groups excluding carboxylic acids is 1. The maximum Gasteiger partial charge on any atom is 0.341 e. The van der Waals surface area contributed by atoms with Crippen LogP contribution in [-0.4, -0.2) is 55.0 Å². The Hall–Kier alpha value is -2.09. The number of carbonyl (C=O) groups is 2. The first-order chi connectivity index (χ1) is 10.4. The molecule has 0 aliphatic rings. The van der Waals surface area contributed by atoms with Crippen LogP contribution in [0.3, 0.4) is 0 Å². The number of carboxylic acids is 1. The van der Waals surface area contributed by atoms with E-state index < -0.39 is 33.1 Å². The van der Waals surface area contributed by atoms with Crippen molar-refractivity contribution in [3.63, 3.8) is 0 Å². The number of ether oxygens (including phenoxy) is 1. The van der Waals surface area contributed by atoms with Gasteiger partial charge in [0.2, 0.25) is 5.91 Å². The Kier molecular flexibility index (Phi) is 5.76. The van der Waals surface area contributed by atoms with Gasteiger partial charge in [-0.15, -0.1) is 0 Å². The average Bonchev–Trinajstić information content (AvgIpc) is 2.44. The van der Waals surface area contributed by atoms with E-state index in [2.05, 4.69) is 0 Å². The molecule has 8 heteroatoms. The molecule has 0 atom stereocenters. The Bertz CT molecular complexity index is 678. The highest BCUT2D eigenvalue weighted by Gasteiger charge is 2.40. The number of rotatable bonds is 7. The molecule has 1 amide bonds. The van der Waals surface area contributed by atoms with Crippen molar-refractivity contribution in [2.75, 3.05) is 19.9 Å². The van der Waals surface area contributed by atoms with E-state index in [1.165, 1.54) is 25.8 Å². The van der Waals surface area contributed by atoms with Gasteiger partial charge >= 0.3 is 5.97 Å². The van der Waals surface area contributed by atoms with E-state index in [0.717, 1.165) is 11.8 Å². The zero-order chi connectivity index (χ0) is 17.8. The Balaban J connectivity index is 2.76. The molecule has 0 aliphatic carbocycles. The van der Waals surface area contributed by atoms with Crippen LogP contribution in [0.4, 0.5) is 0 Å². The molecule has 0 aliphatic heterocycles. The zero-order valence-corrected chi connectivity index (χ0v) is 14.4. The molecule has 0 heterocycles. The van der Waals surface area contributed by atoms with Crippen LogP contribution in [0.1, 0.15) is 19.4 Å². The fourth-order valence-corrected chi connectivity index (χ4v) is 2.27. The van der Waals surface area contributed by atoms with Crippen LogP contribution >= 0.6 is 0 Å². The third kappa shape index (κ3) is 4.95. The summed E-state index contributed by atoms with van der Waals surface area (Å²) in [7, 11) is -2.00. The molecule has 0 radical (unpaired) electrons. The number of benzene rings is 1. The summed E-state index contributed by atoms with van der Waals surface area (Å²) in [5.41, 5.74) is 0.771. The number of hydrogen-bond acceptors (Lipinski definition) is 5. The van der Waals surface area contributed by atoms with Crippen molar-refractivity contribution in [1.29, 1.82) is 0 Å². The molecule has 1 rings (SSSR count). The molecule has 23 heavy (non-hydrogen) atoms. The number of carboxylic acid groups (broad SMARTS) is 1. The minimum absolute atomic E-state index is 0.233. The monoisotopic (exact) mass is 343 g/mol. The number of nitrogens with zero attached hydrogens (tertiary/aromatic N) is 1. The van der Waals surface area contributed by atoms with E-state index in [0.29, 0.717) is 5.75 Å². The Morgan fingerprint density at radius 2 is 1.74 bits per heavy atom. The Morgan fingerprint density at radius 3 is 2.17 bits per heavy atom. The van der Waals surface area contributed by atoms with Gasteiger partial charge in [0.15, 0.2) is 16.4 Å². The molecule has 1 aromatic rings. The number of hydrogen-bond donors (Lipinski definition) is 1. The highest BCUT2D eigenvalue weighted by atomic mass is 32.2. The van der Waals surface area contributed by atoms with Gasteiger partial charge in [0.05, 0.1) is 0 Å². The van der Waals surface area contributed by atoms with Crippen molar-refractivity contribution in [2.24, 2.45) is 0 Å². The topological polar surface area (TPSA) is 101 Å². The fraction of sp³-hybridized carbons (Fsp3) is 0.467. The van der Waals surface area contributed by atoms with Crippen molar-refractivity contribution >= 4 is 21.7 Å². The van der Waals surface area contributed by atoms with Crippen LogP contribution in [0.2, 0.25) is 0 Å². The van der Waals surface area contributed by atoms with Gasteiger partial charge in [-0.3, -0.25) is 4.79 Å². The highest BCUT2D eigenvalue weighted by molar-refractivity contribution is 7.92. The Morgan fingerprint density at radius 1 is 1.22 bits per heavy atom. The van der Waals surface area contributed by atoms with Crippen molar-refractivity contribution in [2.45, 2.75) is 25.1 Å². The molecule has 7 nitrogen and oxygen atoms in total. The molecule has 0 bridgehead atoms. The summed E-state index contributed by atoms with van der Waals surface area (Å²) in [6.07, 6.45) is 1.04. The summed E-state index contributed by atoms with van der Waals surface area (Å²) in [6.45, 7) is 2.56. The van der Waals surface area contributed by atoms with Crippen molar-refractivity contribution in [1.82, 2.24) is 4.90 Å². The van der Waals surface area contributed by atoms with Crippen molar-refractivity contribution in [3.8, 4) is 5.75 Å². The van der Waals surface area contributed by atoms with Gasteiger partial charge in [-0.05, 0) is 31.5 Å². The van der Waals surface area contributed by atoms with E-state index in [-0.39, 0.29) is 6.54 Å². The third-order valence-corrected chi connectivity index (χ3v) is 5.52. The predicted molar refractivity (Wildman–Crippen MR) is 85.0 cm³/mol. The van der Waals surface area contributed by atoms with Gasteiger partial charge in [-0.1, -0.05) is 12.1 Å². The summed E-state index contributed by atoms with van der Waals surface area (Å²) in [5, 5.41) is 8.53. The van der Waals surface area contributed by atoms with Gasteiger partial charge in [0.25, 0.3) is 0 Å². The lowest BCUT2D eigenvalue weighted by atomic mass is 10.1. The lowest BCUT2D eigenvalue weighted by Gasteiger charge is -2.28. The first kappa shape index (κ1) is 19.0. The maximum atomic E-state index is 12.3. The lowest BCUT2D eigenvalue weighted by molar-refractivity contribution is -0.139. The zero-order valence-electron chi connectivity index (χ0n) is 13.6. The molecule has 0 saturated carbocycles. The minimum Gasteiger partial charge on any atom is -0.482 e. The molecular formula is C15H21NO6S. The molecule has 1 N–H and O–H groups in total. The second-order valence-corrected chi connectivity index (χ2v) is 8.34. The van der Waals surface area contributed by atoms with E-state index in [9.17, 15) is 18.0 Å². The quantitative estimate of drug-likeness (QED) is 0.790. The van der Waals surface area contributed by atoms with Gasteiger partial charge in [0.1, 0.15) is 10.5 Å². The van der Waals surface area contributed by atoms with Crippen LogP contribution in [0.15, 0.2) is 24.3 Å². The van der Waals surface area contributed by atoms with E-state index in [1.54, 1.807) is 24.3 Å². The van der Waals surface area contributed by atoms with Crippen LogP contribution < -0.4 is 4.74 Å². The molecule has 0 unspecified atom stereocenters. The van der Waals surface area contributed by atoms with Crippen molar-refractivity contribution < 1.29 is 27.9 Å². The standard InChI is InChI=1S/C15H21NO6S/c1-15(2,23(4,20)21)14(19)16(3)9-11-5-7-12(8-6-11)22-10-13(17)18/h5-8H,9-10H2,1-4H3,(H,17,18). The number of amides is 1. The smallest absolute Gasteiger partial charge is 0.341 e. The van der Waals surface area contributed by atoms with Crippen LogP contribution in [-0.2, 0) is 26.0 Å². The average molecular weight is 343 g/mol. The van der Waals surface area contributed by atoms with Crippen LogP contribution in [0, 0.1) is 0 Å². The predicted octanol–water partition coefficient (Wildman–Crippen LogP) is 0.932. The van der Waals surface area contributed by atoms with Crippen LogP contribution in [0.25, 0.3) is 0 Å². The van der Waals surface area contributed by atoms with E-state index >= 15 is 0 Å². The third-order valence-electron chi connectivity index (χ3n) is 3.49. The normalized spacial score (nSPS) is 11.8. The first-order valence-corrected chi connectivity index (χ1v) is 8.73. The molecule has 0 spiro atoms. The summed E-state index contributed by atoms with van der Waals surface area (Å²) in [4.78, 5) is 24.1. The van der Waals surface area contributed by atoms with Gasteiger partial charge in [-0.25, -0.2) is 13.2 Å². The van der Waals surface area contributed by atoms with Gasteiger partial charge in [-0.2, -0.15) is 0 Å². The second kappa shape index (κ2) is 6.99. The molecule has 0 fully saturated rings. The molecule has 0 aromatic heterocycles. The molecular weight excluding hydrogens is 322 g/mol. The van der Waals surface area contributed by atoms with E-state index in [4.69, 9.17) is 9.84 Å². The van der Waals surface area contributed by atoms with Gasteiger partial charge < -0.3 is 14.7 Å². The number of aliphatic carboxylic acids is 1. The SMILES string of the molecule is CN(Cc1ccc(OCC(=O)O)cc1)C(=O)C(C)(C)S(C)(=O)=O. The highest BCUT2D eigenvalue weighted by Crippen LogP contribution is 2.20. The lowest BCUT2D eigenvalue weighted by Crippen LogP contribution is -2.47. The minimum atomic E-state index is -3.53. The largest absolute Gasteiger partial charge is 0.482 e. The van der Waals surface area contributed by atoms with Crippen LogP contribution in [0.5, 0.6) is 5.75 Å². The van der Waals surface area contributed by atoms with E-state index in [1.807, 2.05) is 0 Å². The summed E-state index contributed by atoms with van der Waals surface area (Å²) in [5.74, 6) is -1.16. The number of sulfone groups is 1. The van der Waals surface area contributed by atoms with Gasteiger partial charge in [0, 0.05) is 19.8 Å². The first-order valence-electron chi connectivity index (χ1n) is 6.84. The molecule has 1 aromatic carbocycles. The fourth-order valence-electron chi connectivity index (χ4n) is 1.80. The second-order valence-electron chi connectivity index (χ2n) is 5.77. The molecule has 0 saturated heterocycles. The summed E-state index contributed by atoms with van der Waals surface area (Å²) in [6, 6.07) is 6.57. The maximum absolute atomic E-state index is 12.3. The Labute approximate surface area is 135 Å². The summed E-state index contributed by atoms with van der Waals surface area (Å²) >= 11 is 0. The molecule has 128 valence electrons.